The van der Waals surface area contributed by atoms with Gasteiger partial charge in [-0.25, -0.2) is 4.79 Å². The van der Waals surface area contributed by atoms with Crippen LogP contribution in [0.1, 0.15) is 78.0 Å². The standard InChI is InChI=1S/C33H48O6Si/c1-25(39-40(7,8)33(4,5)6)18-12-9-17-23-30(26(2)36-24-28-19-13-10-14-20-28)38-32(35)31(37-27(3)34)29-21-15-11-16-22-29/h9-11,13-17,19-22,25-26,30-31H,12,18,23-24H2,1-8H3/b17-9-/t25-,26+,30+,31-/m1/s1. The van der Waals surface area contributed by atoms with Gasteiger partial charge < -0.3 is 18.6 Å². The van der Waals surface area contributed by atoms with Crippen molar-refractivity contribution < 1.29 is 28.2 Å². The summed E-state index contributed by atoms with van der Waals surface area (Å²) in [5.41, 5.74) is 1.60. The lowest BCUT2D eigenvalue weighted by Crippen LogP contribution is -2.43. The molecule has 6 nitrogen and oxygen atoms in total. The van der Waals surface area contributed by atoms with E-state index in [9.17, 15) is 9.59 Å². The summed E-state index contributed by atoms with van der Waals surface area (Å²) in [4.78, 5) is 25.0. The van der Waals surface area contributed by atoms with Crippen LogP contribution in [0.2, 0.25) is 18.1 Å². The Bertz CT molecular complexity index is 1060. The molecule has 0 aromatic heterocycles. The number of esters is 2. The fraction of sp³-hybridized carbons (Fsp3) is 0.515. The zero-order valence-electron chi connectivity index (χ0n) is 25.5. The van der Waals surface area contributed by atoms with Gasteiger partial charge in [-0.15, -0.1) is 0 Å². The van der Waals surface area contributed by atoms with Crippen LogP contribution in [0.15, 0.2) is 72.8 Å². The summed E-state index contributed by atoms with van der Waals surface area (Å²) in [5.74, 6) is -1.17. The summed E-state index contributed by atoms with van der Waals surface area (Å²) in [5, 5.41) is 0.174. The third kappa shape index (κ3) is 11.4. The van der Waals surface area contributed by atoms with Gasteiger partial charge in [0.25, 0.3) is 0 Å². The zero-order chi connectivity index (χ0) is 29.8. The van der Waals surface area contributed by atoms with Gasteiger partial charge in [-0.3, -0.25) is 4.79 Å². The van der Waals surface area contributed by atoms with E-state index in [-0.39, 0.29) is 17.2 Å². The van der Waals surface area contributed by atoms with E-state index in [1.54, 1.807) is 24.3 Å². The Hall–Kier alpha value is -2.74. The molecule has 0 radical (unpaired) electrons. The molecule has 0 aliphatic heterocycles. The van der Waals surface area contributed by atoms with Crippen molar-refractivity contribution in [1.82, 2.24) is 0 Å². The molecule has 0 saturated carbocycles. The van der Waals surface area contributed by atoms with E-state index in [0.717, 1.165) is 18.4 Å². The van der Waals surface area contributed by atoms with Crippen molar-refractivity contribution in [2.75, 3.05) is 0 Å². The molecule has 220 valence electrons. The highest BCUT2D eigenvalue weighted by Gasteiger charge is 2.38. The van der Waals surface area contributed by atoms with Crippen LogP contribution >= 0.6 is 0 Å². The second kappa shape index (κ2) is 15.9. The minimum absolute atomic E-state index is 0.169. The van der Waals surface area contributed by atoms with Crippen molar-refractivity contribution in [3.05, 3.63) is 83.9 Å². The van der Waals surface area contributed by atoms with Crippen LogP contribution in [-0.4, -0.2) is 38.6 Å². The van der Waals surface area contributed by atoms with Gasteiger partial charge in [0.15, 0.2) is 8.32 Å². The lowest BCUT2D eigenvalue weighted by atomic mass is 10.1. The topological polar surface area (TPSA) is 71.1 Å². The van der Waals surface area contributed by atoms with Gasteiger partial charge in [0.1, 0.15) is 6.10 Å². The number of allylic oxidation sites excluding steroid dienone is 1. The number of ether oxygens (including phenoxy) is 3. The Labute approximate surface area is 242 Å². The first kappa shape index (κ1) is 33.5. The van der Waals surface area contributed by atoms with Crippen molar-refractivity contribution in [3.63, 3.8) is 0 Å². The Balaban J connectivity index is 2.06. The van der Waals surface area contributed by atoms with Gasteiger partial charge in [-0.1, -0.05) is 93.6 Å². The van der Waals surface area contributed by atoms with Crippen molar-refractivity contribution in [2.45, 2.75) is 110 Å². The predicted octanol–water partition coefficient (Wildman–Crippen LogP) is 7.94. The van der Waals surface area contributed by atoms with Gasteiger partial charge in [0, 0.05) is 25.0 Å². The number of rotatable bonds is 15. The van der Waals surface area contributed by atoms with Crippen LogP contribution in [0.3, 0.4) is 0 Å². The molecule has 0 amide bonds. The Kier molecular flexibility index (Phi) is 13.3. The first-order valence-corrected chi connectivity index (χ1v) is 17.1. The molecule has 0 aliphatic carbocycles. The first-order chi connectivity index (χ1) is 18.8. The number of carbonyl (C=O) groups excluding carboxylic acids is 2. The van der Waals surface area contributed by atoms with E-state index in [4.69, 9.17) is 18.6 Å². The monoisotopic (exact) mass is 568 g/mol. The van der Waals surface area contributed by atoms with Crippen molar-refractivity contribution in [3.8, 4) is 0 Å². The minimum Gasteiger partial charge on any atom is -0.456 e. The molecule has 0 spiro atoms. The summed E-state index contributed by atoms with van der Waals surface area (Å²) in [6.45, 7) is 17.0. The largest absolute Gasteiger partial charge is 0.456 e. The Morgan fingerprint density at radius 2 is 1.50 bits per heavy atom. The van der Waals surface area contributed by atoms with Crippen LogP contribution in [0, 0.1) is 0 Å². The molecule has 0 heterocycles. The summed E-state index contributed by atoms with van der Waals surface area (Å²) in [7, 11) is -1.81. The van der Waals surface area contributed by atoms with Crippen LogP contribution in [0.25, 0.3) is 0 Å². The fourth-order valence-corrected chi connectivity index (χ4v) is 5.40. The molecule has 40 heavy (non-hydrogen) atoms. The van der Waals surface area contributed by atoms with E-state index in [0.29, 0.717) is 18.6 Å². The number of hydrogen-bond donors (Lipinski definition) is 0. The van der Waals surface area contributed by atoms with Crippen LogP contribution in [0.4, 0.5) is 0 Å². The zero-order valence-corrected chi connectivity index (χ0v) is 26.5. The van der Waals surface area contributed by atoms with E-state index in [1.165, 1.54) is 6.92 Å². The molecule has 4 atom stereocenters. The van der Waals surface area contributed by atoms with Crippen LogP contribution in [0.5, 0.6) is 0 Å². The normalized spacial score (nSPS) is 15.3. The smallest absolute Gasteiger partial charge is 0.352 e. The van der Waals surface area contributed by atoms with E-state index in [1.807, 2.05) is 49.4 Å². The lowest BCUT2D eigenvalue weighted by Gasteiger charge is -2.38. The summed E-state index contributed by atoms with van der Waals surface area (Å²) >= 11 is 0. The van der Waals surface area contributed by atoms with Crippen molar-refractivity contribution >= 4 is 20.3 Å². The van der Waals surface area contributed by atoms with Crippen LogP contribution in [-0.2, 0) is 34.8 Å². The summed E-state index contributed by atoms with van der Waals surface area (Å²) in [6.07, 6.45) is 4.47. The second-order valence-electron chi connectivity index (χ2n) is 11.9. The van der Waals surface area contributed by atoms with Gasteiger partial charge in [-0.2, -0.15) is 0 Å². The van der Waals surface area contributed by atoms with Crippen LogP contribution < -0.4 is 0 Å². The molecule has 0 N–H and O–H groups in total. The third-order valence-electron chi connectivity index (χ3n) is 7.32. The quantitative estimate of drug-likeness (QED) is 0.123. The van der Waals surface area contributed by atoms with Gasteiger partial charge in [0.05, 0.1) is 12.7 Å². The van der Waals surface area contributed by atoms with Gasteiger partial charge >= 0.3 is 11.9 Å². The van der Waals surface area contributed by atoms with E-state index >= 15 is 0 Å². The molecular formula is C33H48O6Si. The average molecular weight is 569 g/mol. The number of benzene rings is 2. The molecule has 0 aliphatic rings. The molecule has 0 unspecified atom stereocenters. The third-order valence-corrected chi connectivity index (χ3v) is 11.9. The van der Waals surface area contributed by atoms with Gasteiger partial charge in [-0.05, 0) is 50.4 Å². The van der Waals surface area contributed by atoms with Crippen molar-refractivity contribution in [2.24, 2.45) is 0 Å². The Morgan fingerprint density at radius 1 is 0.900 bits per heavy atom. The number of hydrogen-bond acceptors (Lipinski definition) is 6. The molecule has 2 aromatic carbocycles. The molecule has 0 bridgehead atoms. The fourth-order valence-electron chi connectivity index (χ4n) is 3.92. The minimum atomic E-state index is -1.81. The summed E-state index contributed by atoms with van der Waals surface area (Å²) in [6, 6.07) is 18.8. The summed E-state index contributed by atoms with van der Waals surface area (Å²) < 4.78 is 23.9. The molecule has 2 rings (SSSR count). The highest BCUT2D eigenvalue weighted by molar-refractivity contribution is 6.74. The molecule has 7 heteroatoms. The van der Waals surface area contributed by atoms with Gasteiger partial charge in [0.2, 0.25) is 6.10 Å². The molecule has 2 aromatic rings. The molecule has 0 fully saturated rings. The number of carbonyl (C=O) groups is 2. The Morgan fingerprint density at radius 3 is 2.08 bits per heavy atom. The predicted molar refractivity (Wildman–Crippen MR) is 162 cm³/mol. The second-order valence-corrected chi connectivity index (χ2v) is 16.6. The SMILES string of the molecule is CC(=O)O[C@@H](C(=O)O[C@@H](C/C=C\CC[C@@H](C)O[Si](C)(C)C(C)(C)C)[C@H](C)OCc1ccccc1)c1ccccc1. The molecular weight excluding hydrogens is 520 g/mol. The van der Waals surface area contributed by atoms with E-state index in [2.05, 4.69) is 46.9 Å². The average Bonchev–Trinajstić information content (AvgIpc) is 2.89. The maximum absolute atomic E-state index is 13.3. The van der Waals surface area contributed by atoms with E-state index < -0.39 is 32.5 Å². The highest BCUT2D eigenvalue weighted by atomic mass is 28.4. The lowest BCUT2D eigenvalue weighted by molar-refractivity contribution is -0.176. The van der Waals surface area contributed by atoms with Crippen molar-refractivity contribution in [1.29, 1.82) is 0 Å². The molecule has 0 saturated heterocycles. The maximum Gasteiger partial charge on any atom is 0.352 e. The maximum atomic E-state index is 13.3. The first-order valence-electron chi connectivity index (χ1n) is 14.2. The highest BCUT2D eigenvalue weighted by Crippen LogP contribution is 2.37.